The van der Waals surface area contributed by atoms with E-state index in [1.165, 1.54) is 0 Å². The molecule has 0 bridgehead atoms. The normalized spacial score (nSPS) is 17.6. The summed E-state index contributed by atoms with van der Waals surface area (Å²) in [6, 6.07) is 13.5. The molecule has 3 aromatic rings. The summed E-state index contributed by atoms with van der Waals surface area (Å²) in [4.78, 5) is 27.5. The molecule has 0 spiro atoms. The highest BCUT2D eigenvalue weighted by Gasteiger charge is 2.42. The van der Waals surface area contributed by atoms with E-state index in [9.17, 15) is 18.0 Å². The number of carbonyl (C=O) groups is 1. The molecular weight excluding hydrogens is 607 g/mol. The first-order chi connectivity index (χ1) is 22.4. The van der Waals surface area contributed by atoms with Gasteiger partial charge in [0.25, 0.3) is 5.91 Å². The maximum Gasteiger partial charge on any atom is 0.412 e. The van der Waals surface area contributed by atoms with Gasteiger partial charge in [-0.15, -0.1) is 0 Å². The van der Waals surface area contributed by atoms with Gasteiger partial charge in [-0.1, -0.05) is 56.0 Å². The Balaban J connectivity index is 1.24. The van der Waals surface area contributed by atoms with E-state index in [0.29, 0.717) is 67.1 Å². The van der Waals surface area contributed by atoms with Crippen molar-refractivity contribution < 1.29 is 22.7 Å². The molecule has 12 heteroatoms. The van der Waals surface area contributed by atoms with Crippen molar-refractivity contribution in [2.24, 2.45) is 4.99 Å². The molecule has 1 fully saturated rings. The minimum atomic E-state index is -4.52. The van der Waals surface area contributed by atoms with Gasteiger partial charge in [-0.2, -0.15) is 18.2 Å². The monoisotopic (exact) mass is 645 g/mol. The highest BCUT2D eigenvalue weighted by Crippen LogP contribution is 2.39. The molecule has 2 aromatic carbocycles. The fourth-order valence-electron chi connectivity index (χ4n) is 5.78. The molecule has 1 aromatic heterocycles. The van der Waals surface area contributed by atoms with Crippen molar-refractivity contribution in [3.8, 4) is 0 Å². The average molecular weight is 646 g/mol. The molecule has 3 aliphatic heterocycles. The third kappa shape index (κ3) is 7.03. The molecule has 1 atom stereocenters. The predicted molar refractivity (Wildman–Crippen MR) is 177 cm³/mol. The number of morpholine rings is 1. The second-order valence-corrected chi connectivity index (χ2v) is 12.8. The third-order valence-electron chi connectivity index (χ3n) is 8.47. The number of alkyl halides is 3. The molecule has 1 radical (unpaired) electrons. The first-order valence-electron chi connectivity index (χ1n) is 15.5. The van der Waals surface area contributed by atoms with E-state index in [0.717, 1.165) is 11.3 Å². The van der Waals surface area contributed by atoms with Crippen LogP contribution >= 0.6 is 0 Å². The summed E-state index contributed by atoms with van der Waals surface area (Å²) in [6.07, 6.45) is 2.42. The average Bonchev–Trinajstić information content (AvgIpc) is 3.53. The molecule has 47 heavy (non-hydrogen) atoms. The first kappa shape index (κ1) is 32.3. The number of aromatic nitrogens is 1. The van der Waals surface area contributed by atoms with Crippen molar-refractivity contribution in [2.45, 2.75) is 45.3 Å². The second-order valence-electron chi connectivity index (χ2n) is 12.8. The van der Waals surface area contributed by atoms with Crippen molar-refractivity contribution >= 4 is 28.9 Å². The minimum absolute atomic E-state index is 0.0930. The SMILES string of the molecule is Cc1c(NC(c2ccc(C(C)(C)C)cc2)C(F)(F)F)cccc1N1C=C(Nc2ccc(C(=O)N3CCOCC3)cn2)C2=NC=C[N+]2C1. The fraction of sp³-hybridized carbons (Fsp3) is 0.343. The number of pyridine rings is 1. The molecule has 245 valence electrons. The van der Waals surface area contributed by atoms with E-state index < -0.39 is 12.2 Å². The largest absolute Gasteiger partial charge is 0.412 e. The number of halogens is 3. The van der Waals surface area contributed by atoms with Crippen molar-refractivity contribution in [3.05, 3.63) is 107 Å². The van der Waals surface area contributed by atoms with Crippen LogP contribution in [0.25, 0.3) is 0 Å². The Bertz CT molecular complexity index is 1700. The first-order valence-corrected chi connectivity index (χ1v) is 15.5. The number of carbonyl (C=O) groups excluding carboxylic acids is 1. The van der Waals surface area contributed by atoms with Gasteiger partial charge in [-0.05, 0) is 53.3 Å². The van der Waals surface area contributed by atoms with Crippen LogP contribution in [0.5, 0.6) is 0 Å². The van der Waals surface area contributed by atoms with Crippen molar-refractivity contribution in [1.29, 1.82) is 0 Å². The zero-order valence-corrected chi connectivity index (χ0v) is 26.8. The molecule has 6 rings (SSSR count). The number of nitrogens with one attached hydrogen (secondary N) is 2. The number of ether oxygens (including phenoxy) is 1. The number of amides is 1. The number of fused-ring (bicyclic) bond motifs is 1. The summed E-state index contributed by atoms with van der Waals surface area (Å²) >= 11 is 0. The maximum atomic E-state index is 14.4. The smallest absolute Gasteiger partial charge is 0.378 e. The standard InChI is InChI=1S/C35H38F3N7O2/c1-23-27(42-31(35(36,37)38)24-8-11-26(12-9-24)34(2,3)4)6-5-7-29(23)45-21-28(32-39-14-15-44(32)22-45)41-30-13-10-25(20-40-30)33(46)43-16-18-47-19-17-43/h5-15,20-21,31,42H,16-19,22H2,1-4H3,(H,40,41)/q+1. The Morgan fingerprint density at radius 3 is 2.43 bits per heavy atom. The van der Waals surface area contributed by atoms with Crippen LogP contribution in [0.15, 0.2) is 90.1 Å². The third-order valence-corrected chi connectivity index (χ3v) is 8.47. The Labute approximate surface area is 272 Å². The molecule has 3 aliphatic rings. The molecule has 2 N–H and O–H groups in total. The summed E-state index contributed by atoms with van der Waals surface area (Å²) in [7, 11) is 0. The number of benzene rings is 2. The molecule has 9 nitrogen and oxygen atoms in total. The summed E-state index contributed by atoms with van der Waals surface area (Å²) in [5.74, 6) is 1.10. The molecular formula is C35H38F3N7O2+. The van der Waals surface area contributed by atoms with Gasteiger partial charge in [0, 0.05) is 31.2 Å². The fourth-order valence-corrected chi connectivity index (χ4v) is 5.78. The Morgan fingerprint density at radius 1 is 1.02 bits per heavy atom. The molecule has 0 saturated carbocycles. The van der Waals surface area contributed by atoms with Crippen LogP contribution in [0, 0.1) is 6.92 Å². The van der Waals surface area contributed by atoms with Crippen molar-refractivity contribution in [2.75, 3.05) is 48.5 Å². The molecule has 1 saturated heterocycles. The van der Waals surface area contributed by atoms with Crippen LogP contribution in [0.2, 0.25) is 0 Å². The van der Waals surface area contributed by atoms with Crippen LogP contribution in [-0.2, 0) is 10.2 Å². The van der Waals surface area contributed by atoms with Gasteiger partial charge < -0.3 is 20.3 Å². The lowest BCUT2D eigenvalue weighted by atomic mass is 9.86. The topological polar surface area (TPSA) is 88.0 Å². The Kier molecular flexibility index (Phi) is 8.82. The van der Waals surface area contributed by atoms with Crippen LogP contribution < -0.4 is 20.4 Å². The molecule has 1 amide bonds. The van der Waals surface area contributed by atoms with E-state index in [1.807, 2.05) is 56.0 Å². The van der Waals surface area contributed by atoms with Crippen molar-refractivity contribution in [1.82, 2.24) is 14.8 Å². The molecule has 1 unspecified atom stereocenters. The summed E-state index contributed by atoms with van der Waals surface area (Å²) in [6.45, 7) is 10.4. The van der Waals surface area contributed by atoms with Gasteiger partial charge in [0.2, 0.25) is 6.67 Å². The second kappa shape index (κ2) is 12.8. The van der Waals surface area contributed by atoms with Crippen LogP contribution in [0.1, 0.15) is 53.9 Å². The number of nitrogens with zero attached hydrogens (tertiary/aromatic N) is 5. The number of aliphatic imine (C=N–C) groups is 1. The lowest BCUT2D eigenvalue weighted by Gasteiger charge is -2.29. The van der Waals surface area contributed by atoms with Gasteiger partial charge >= 0.3 is 12.0 Å². The van der Waals surface area contributed by atoms with Crippen LogP contribution in [0.4, 0.5) is 30.4 Å². The lowest BCUT2D eigenvalue weighted by Crippen LogP contribution is -2.46. The van der Waals surface area contributed by atoms with Gasteiger partial charge in [-0.25, -0.2) is 4.98 Å². The molecule has 0 aliphatic carbocycles. The lowest BCUT2D eigenvalue weighted by molar-refractivity contribution is -0.144. The van der Waals surface area contributed by atoms with Gasteiger partial charge in [0.1, 0.15) is 17.6 Å². The number of amidine groups is 1. The van der Waals surface area contributed by atoms with E-state index in [2.05, 4.69) is 20.6 Å². The number of rotatable bonds is 7. The summed E-state index contributed by atoms with van der Waals surface area (Å²) in [5, 5.41) is 6.10. The number of hydrogen-bond donors (Lipinski definition) is 2. The Hall–Kier alpha value is -4.68. The van der Waals surface area contributed by atoms with Gasteiger partial charge in [0.05, 0.1) is 30.7 Å². The van der Waals surface area contributed by atoms with Crippen LogP contribution in [-0.4, -0.2) is 60.8 Å². The summed E-state index contributed by atoms with van der Waals surface area (Å²) < 4.78 is 48.6. The van der Waals surface area contributed by atoms with E-state index in [1.54, 1.807) is 65.8 Å². The zero-order chi connectivity index (χ0) is 33.3. The zero-order valence-electron chi connectivity index (χ0n) is 26.8. The van der Waals surface area contributed by atoms with E-state index in [-0.39, 0.29) is 16.9 Å². The van der Waals surface area contributed by atoms with Gasteiger partial charge in [-0.3, -0.25) is 9.69 Å². The van der Waals surface area contributed by atoms with Crippen LogP contribution in [0.3, 0.4) is 0 Å². The highest BCUT2D eigenvalue weighted by atomic mass is 19.4. The minimum Gasteiger partial charge on any atom is -0.378 e. The highest BCUT2D eigenvalue weighted by molar-refractivity contribution is 6.06. The van der Waals surface area contributed by atoms with Gasteiger partial charge in [0.15, 0.2) is 6.20 Å². The summed E-state index contributed by atoms with van der Waals surface area (Å²) in [5.41, 5.74) is 3.85. The quantitative estimate of drug-likeness (QED) is 0.281. The van der Waals surface area contributed by atoms with Crippen molar-refractivity contribution in [3.63, 3.8) is 0 Å². The van der Waals surface area contributed by atoms with E-state index >= 15 is 0 Å². The van der Waals surface area contributed by atoms with E-state index in [4.69, 9.17) is 4.74 Å². The maximum absolute atomic E-state index is 14.4. The molecule has 4 heterocycles. The predicted octanol–water partition coefficient (Wildman–Crippen LogP) is 6.63. The number of hydrogen-bond acceptors (Lipinski definition) is 8. The Morgan fingerprint density at radius 2 is 1.77 bits per heavy atom. The number of anilines is 3.